The van der Waals surface area contributed by atoms with E-state index in [-0.39, 0.29) is 5.78 Å². The van der Waals surface area contributed by atoms with Crippen LogP contribution in [0.2, 0.25) is 0 Å². The van der Waals surface area contributed by atoms with E-state index in [9.17, 15) is 4.79 Å². The molecule has 15 heavy (non-hydrogen) atoms. The lowest BCUT2D eigenvalue weighted by Gasteiger charge is -2.14. The Hall–Kier alpha value is -1.95. The van der Waals surface area contributed by atoms with Crippen LogP contribution in [0.4, 0.5) is 5.69 Å². The van der Waals surface area contributed by atoms with E-state index in [1.807, 2.05) is 13.0 Å². The molecule has 74 valence electrons. The van der Waals surface area contributed by atoms with Crippen LogP contribution in [0.3, 0.4) is 0 Å². The monoisotopic (exact) mass is 198 g/mol. The van der Waals surface area contributed by atoms with Crippen LogP contribution in [-0.2, 0) is 0 Å². The number of nitriles is 1. The Morgan fingerprint density at radius 1 is 1.53 bits per heavy atom. The molecule has 1 aliphatic rings. The highest BCUT2D eigenvalue weighted by molar-refractivity contribution is 6.16. The lowest BCUT2D eigenvalue weighted by atomic mass is 9.95. The van der Waals surface area contributed by atoms with Crippen LogP contribution in [0.25, 0.3) is 0 Å². The van der Waals surface area contributed by atoms with Crippen LogP contribution < -0.4 is 0 Å². The van der Waals surface area contributed by atoms with Gasteiger partial charge in [-0.1, -0.05) is 13.0 Å². The minimum absolute atomic E-state index is 0.00833. The van der Waals surface area contributed by atoms with Crippen molar-refractivity contribution >= 4 is 17.2 Å². The van der Waals surface area contributed by atoms with Crippen molar-refractivity contribution < 1.29 is 4.79 Å². The summed E-state index contributed by atoms with van der Waals surface area (Å²) in [5, 5.41) is 8.88. The molecule has 3 heteroatoms. The summed E-state index contributed by atoms with van der Waals surface area (Å²) in [6.07, 6.45) is 1.13. The highest BCUT2D eigenvalue weighted by atomic mass is 16.1. The van der Waals surface area contributed by atoms with Crippen molar-refractivity contribution in [3.8, 4) is 6.07 Å². The molecular formula is C12H10N2O. The van der Waals surface area contributed by atoms with Crippen molar-refractivity contribution in [1.82, 2.24) is 0 Å². The minimum Gasteiger partial charge on any atom is -0.294 e. The number of hydrogen-bond donors (Lipinski definition) is 0. The second kappa shape index (κ2) is 3.66. The Morgan fingerprint density at radius 2 is 2.33 bits per heavy atom. The molecule has 2 rings (SSSR count). The van der Waals surface area contributed by atoms with Gasteiger partial charge in [0.25, 0.3) is 0 Å². The Kier molecular flexibility index (Phi) is 2.34. The van der Waals surface area contributed by atoms with Gasteiger partial charge >= 0.3 is 0 Å². The van der Waals surface area contributed by atoms with Gasteiger partial charge in [0.05, 0.1) is 22.9 Å². The molecule has 0 saturated carbocycles. The maximum Gasteiger partial charge on any atom is 0.171 e. The topological polar surface area (TPSA) is 53.2 Å². The van der Waals surface area contributed by atoms with Crippen molar-refractivity contribution in [2.45, 2.75) is 19.8 Å². The highest BCUT2D eigenvalue weighted by Gasteiger charge is 2.21. The SMILES string of the molecule is CCC1=Nc2cccc(C#N)c2C(=O)C1. The number of hydrogen-bond acceptors (Lipinski definition) is 3. The molecule has 0 saturated heterocycles. The van der Waals surface area contributed by atoms with Crippen LogP contribution >= 0.6 is 0 Å². The standard InChI is InChI=1S/C12H10N2O/c1-2-9-6-11(15)12-8(7-13)4-3-5-10(12)14-9/h3-5H,2,6H2,1H3. The molecule has 1 heterocycles. The summed E-state index contributed by atoms with van der Waals surface area (Å²) in [5.74, 6) is 0.00833. The third-order valence-electron chi connectivity index (χ3n) is 2.49. The van der Waals surface area contributed by atoms with Crippen LogP contribution in [-0.4, -0.2) is 11.5 Å². The zero-order valence-corrected chi connectivity index (χ0v) is 8.45. The Bertz CT molecular complexity index is 495. The molecule has 0 radical (unpaired) electrons. The lowest BCUT2D eigenvalue weighted by molar-refractivity contribution is 0.0999. The lowest BCUT2D eigenvalue weighted by Crippen LogP contribution is -2.13. The number of carbonyl (C=O) groups is 1. The van der Waals surface area contributed by atoms with Gasteiger partial charge in [0, 0.05) is 12.1 Å². The average molecular weight is 198 g/mol. The molecule has 1 aliphatic heterocycles. The van der Waals surface area contributed by atoms with E-state index in [1.54, 1.807) is 18.2 Å². The van der Waals surface area contributed by atoms with Crippen molar-refractivity contribution in [3.05, 3.63) is 29.3 Å². The first kappa shape index (κ1) is 9.60. The molecule has 0 unspecified atom stereocenters. The molecule has 0 spiro atoms. The zero-order valence-electron chi connectivity index (χ0n) is 8.45. The number of carbonyl (C=O) groups excluding carboxylic acids is 1. The van der Waals surface area contributed by atoms with Gasteiger partial charge in [-0.15, -0.1) is 0 Å². The van der Waals surface area contributed by atoms with Gasteiger partial charge in [-0.25, -0.2) is 0 Å². The van der Waals surface area contributed by atoms with E-state index in [0.29, 0.717) is 23.2 Å². The summed E-state index contributed by atoms with van der Waals surface area (Å²) in [6.45, 7) is 1.98. The van der Waals surface area contributed by atoms with E-state index in [1.165, 1.54) is 0 Å². The van der Waals surface area contributed by atoms with E-state index in [2.05, 4.69) is 4.99 Å². The maximum atomic E-state index is 11.8. The fourth-order valence-corrected chi connectivity index (χ4v) is 1.71. The smallest absolute Gasteiger partial charge is 0.171 e. The predicted molar refractivity (Wildman–Crippen MR) is 57.5 cm³/mol. The van der Waals surface area contributed by atoms with Crippen LogP contribution in [0.15, 0.2) is 23.2 Å². The number of ketones is 1. The number of nitrogens with zero attached hydrogens (tertiary/aromatic N) is 2. The summed E-state index contributed by atoms with van der Waals surface area (Å²) >= 11 is 0. The molecule has 0 amide bonds. The first-order chi connectivity index (χ1) is 7.26. The molecule has 0 N–H and O–H groups in total. The van der Waals surface area contributed by atoms with Crippen molar-refractivity contribution in [1.29, 1.82) is 5.26 Å². The molecule has 0 aliphatic carbocycles. The molecule has 0 fully saturated rings. The van der Waals surface area contributed by atoms with Gasteiger partial charge in [0.2, 0.25) is 0 Å². The summed E-state index contributed by atoms with van der Waals surface area (Å²) in [7, 11) is 0. The fourth-order valence-electron chi connectivity index (χ4n) is 1.71. The third kappa shape index (κ3) is 1.55. The van der Waals surface area contributed by atoms with Crippen molar-refractivity contribution in [2.24, 2.45) is 4.99 Å². The molecule has 0 atom stereocenters. The van der Waals surface area contributed by atoms with E-state index < -0.39 is 0 Å². The second-order valence-electron chi connectivity index (χ2n) is 3.44. The Labute approximate surface area is 88.1 Å². The number of rotatable bonds is 1. The van der Waals surface area contributed by atoms with E-state index in [4.69, 9.17) is 5.26 Å². The highest BCUT2D eigenvalue weighted by Crippen LogP contribution is 2.28. The maximum absolute atomic E-state index is 11.8. The van der Waals surface area contributed by atoms with Crippen molar-refractivity contribution in [3.63, 3.8) is 0 Å². The van der Waals surface area contributed by atoms with Gasteiger partial charge in [0.15, 0.2) is 5.78 Å². The number of Topliss-reactive ketones (excluding diaryl/α,β-unsaturated/α-hetero) is 1. The summed E-state index contributed by atoms with van der Waals surface area (Å²) in [6, 6.07) is 7.22. The first-order valence-electron chi connectivity index (χ1n) is 4.89. The second-order valence-corrected chi connectivity index (χ2v) is 3.44. The normalized spacial score (nSPS) is 14.1. The van der Waals surface area contributed by atoms with Crippen LogP contribution in [0.1, 0.15) is 35.7 Å². The van der Waals surface area contributed by atoms with Gasteiger partial charge in [0.1, 0.15) is 0 Å². The first-order valence-corrected chi connectivity index (χ1v) is 4.89. The average Bonchev–Trinajstić information content (AvgIpc) is 2.27. The van der Waals surface area contributed by atoms with Gasteiger partial charge in [-0.2, -0.15) is 5.26 Å². The number of aliphatic imine (C=N–C) groups is 1. The fraction of sp³-hybridized carbons (Fsp3) is 0.250. The molecule has 0 aromatic heterocycles. The number of benzene rings is 1. The van der Waals surface area contributed by atoms with Crippen LogP contribution in [0, 0.1) is 11.3 Å². The van der Waals surface area contributed by atoms with Crippen molar-refractivity contribution in [2.75, 3.05) is 0 Å². The van der Waals surface area contributed by atoms with Crippen LogP contribution in [0.5, 0.6) is 0 Å². The third-order valence-corrected chi connectivity index (χ3v) is 2.49. The summed E-state index contributed by atoms with van der Waals surface area (Å²) in [4.78, 5) is 16.2. The molecular weight excluding hydrogens is 188 g/mol. The Balaban J connectivity index is 2.64. The largest absolute Gasteiger partial charge is 0.294 e. The van der Waals surface area contributed by atoms with E-state index in [0.717, 1.165) is 12.1 Å². The Morgan fingerprint density at radius 3 is 3.00 bits per heavy atom. The molecule has 3 nitrogen and oxygen atoms in total. The van der Waals surface area contributed by atoms with Gasteiger partial charge in [-0.05, 0) is 18.6 Å². The molecule has 1 aromatic carbocycles. The molecule has 1 aromatic rings. The predicted octanol–water partition coefficient (Wildman–Crippen LogP) is 2.63. The van der Waals surface area contributed by atoms with E-state index >= 15 is 0 Å². The summed E-state index contributed by atoms with van der Waals surface area (Å²) < 4.78 is 0. The quantitative estimate of drug-likeness (QED) is 0.696. The van der Waals surface area contributed by atoms with Gasteiger partial charge in [-0.3, -0.25) is 9.79 Å². The zero-order chi connectivity index (χ0) is 10.8. The minimum atomic E-state index is 0.00833. The molecule has 0 bridgehead atoms. The number of fused-ring (bicyclic) bond motifs is 1. The van der Waals surface area contributed by atoms with Gasteiger partial charge < -0.3 is 0 Å². The summed E-state index contributed by atoms with van der Waals surface area (Å²) in [5.41, 5.74) is 2.44.